The molecule has 1 aliphatic heterocycles. The van der Waals surface area contributed by atoms with Crippen molar-refractivity contribution in [2.24, 2.45) is 0 Å². The van der Waals surface area contributed by atoms with Gasteiger partial charge in [0.15, 0.2) is 0 Å². The van der Waals surface area contributed by atoms with Gasteiger partial charge >= 0.3 is 5.97 Å². The highest BCUT2D eigenvalue weighted by molar-refractivity contribution is 5.71. The highest BCUT2D eigenvalue weighted by Crippen LogP contribution is 1.91. The van der Waals surface area contributed by atoms with Gasteiger partial charge < -0.3 is 9.94 Å². The number of rotatable bonds is 0. The average molecular weight is 117 g/mol. The van der Waals surface area contributed by atoms with Crippen LogP contribution in [-0.2, 0) is 9.53 Å². The van der Waals surface area contributed by atoms with E-state index in [1.54, 1.807) is 0 Å². The van der Waals surface area contributed by atoms with Crippen LogP contribution in [0.25, 0.3) is 0 Å². The summed E-state index contributed by atoms with van der Waals surface area (Å²) in [6.45, 7) is 0.723. The number of ether oxygens (including phenoxy) is 1. The summed E-state index contributed by atoms with van der Waals surface area (Å²) in [6, 6.07) is 0. The molecule has 0 atom stereocenters. The molecule has 0 aliphatic carbocycles. The van der Waals surface area contributed by atoms with Gasteiger partial charge in [0.05, 0.1) is 6.54 Å². The summed E-state index contributed by atoms with van der Waals surface area (Å²) in [4.78, 5) is 10.2. The van der Waals surface area contributed by atoms with Crippen LogP contribution in [0.5, 0.6) is 0 Å². The third-order valence-corrected chi connectivity index (χ3v) is 0.924. The van der Waals surface area contributed by atoms with Crippen molar-refractivity contribution in [3.05, 3.63) is 0 Å². The Balaban J connectivity index is 2.34. The van der Waals surface area contributed by atoms with Crippen molar-refractivity contribution in [1.29, 1.82) is 0 Å². The monoisotopic (exact) mass is 117 g/mol. The zero-order valence-electron chi connectivity index (χ0n) is 4.33. The molecule has 1 rings (SSSR count). The van der Waals surface area contributed by atoms with Crippen molar-refractivity contribution in [2.75, 3.05) is 19.7 Å². The van der Waals surface area contributed by atoms with Crippen molar-refractivity contribution < 1.29 is 14.7 Å². The van der Waals surface area contributed by atoms with E-state index in [9.17, 15) is 4.79 Å². The second-order valence-electron chi connectivity index (χ2n) is 1.61. The van der Waals surface area contributed by atoms with Gasteiger partial charge in [0.2, 0.25) is 0 Å². The Bertz CT molecular complexity index is 103. The topological polar surface area (TPSA) is 49.8 Å². The van der Waals surface area contributed by atoms with E-state index in [2.05, 4.69) is 4.74 Å². The number of esters is 1. The molecule has 0 unspecified atom stereocenters. The SMILES string of the molecule is O=C1CN(O)CCO1. The summed E-state index contributed by atoms with van der Waals surface area (Å²) >= 11 is 0. The molecule has 4 nitrogen and oxygen atoms in total. The molecule has 0 amide bonds. The van der Waals surface area contributed by atoms with Crippen molar-refractivity contribution >= 4 is 5.97 Å². The second kappa shape index (κ2) is 2.11. The molecule has 1 fully saturated rings. The van der Waals surface area contributed by atoms with Crippen LogP contribution in [0.3, 0.4) is 0 Å². The molecule has 0 aromatic carbocycles. The zero-order chi connectivity index (χ0) is 5.98. The van der Waals surface area contributed by atoms with Gasteiger partial charge in [0.25, 0.3) is 0 Å². The minimum Gasteiger partial charge on any atom is -0.463 e. The summed E-state index contributed by atoms with van der Waals surface area (Å²) in [5.74, 6) is -0.362. The third kappa shape index (κ3) is 1.18. The molecule has 1 saturated heterocycles. The number of morpholine rings is 1. The Morgan fingerprint density at radius 2 is 2.50 bits per heavy atom. The first kappa shape index (κ1) is 5.53. The van der Waals surface area contributed by atoms with E-state index < -0.39 is 0 Å². The lowest BCUT2D eigenvalue weighted by Crippen LogP contribution is -2.37. The van der Waals surface area contributed by atoms with Crippen LogP contribution in [0.15, 0.2) is 0 Å². The largest absolute Gasteiger partial charge is 0.463 e. The third-order valence-electron chi connectivity index (χ3n) is 0.924. The van der Waals surface area contributed by atoms with E-state index in [0.29, 0.717) is 13.2 Å². The van der Waals surface area contributed by atoms with Crippen LogP contribution in [0.4, 0.5) is 0 Å². The van der Waals surface area contributed by atoms with Gasteiger partial charge in [-0.05, 0) is 0 Å². The summed E-state index contributed by atoms with van der Waals surface area (Å²) in [5.41, 5.74) is 0. The summed E-state index contributed by atoms with van der Waals surface area (Å²) in [7, 11) is 0. The molecule has 4 heteroatoms. The van der Waals surface area contributed by atoms with Gasteiger partial charge in [0.1, 0.15) is 13.2 Å². The molecule has 1 heterocycles. The number of hydrogen-bond donors (Lipinski definition) is 1. The molecule has 8 heavy (non-hydrogen) atoms. The molecule has 1 N–H and O–H groups in total. The van der Waals surface area contributed by atoms with Crippen molar-refractivity contribution in [3.63, 3.8) is 0 Å². The van der Waals surface area contributed by atoms with Crippen molar-refractivity contribution in [3.8, 4) is 0 Å². The Morgan fingerprint density at radius 3 is 2.88 bits per heavy atom. The minimum absolute atomic E-state index is 0. The lowest BCUT2D eigenvalue weighted by molar-refractivity contribution is -0.177. The molecule has 0 aromatic rings. The number of carbonyl (C=O) groups excluding carboxylic acids is 1. The lowest BCUT2D eigenvalue weighted by atomic mass is 10.5. The quantitative estimate of drug-likeness (QED) is 0.423. The van der Waals surface area contributed by atoms with Gasteiger partial charge in [0, 0.05) is 0 Å². The maximum absolute atomic E-state index is 10.2. The number of hydrogen-bond acceptors (Lipinski definition) is 4. The predicted molar refractivity (Wildman–Crippen MR) is 24.3 cm³/mol. The van der Waals surface area contributed by atoms with E-state index >= 15 is 0 Å². The first-order valence-corrected chi connectivity index (χ1v) is 2.38. The van der Waals surface area contributed by atoms with Crippen LogP contribution in [0, 0.1) is 0 Å². The summed E-state index contributed by atoms with van der Waals surface area (Å²) in [6.07, 6.45) is 0. The van der Waals surface area contributed by atoms with Crippen LogP contribution in [0.2, 0.25) is 0 Å². The normalized spacial score (nSPS) is 22.9. The first-order chi connectivity index (χ1) is 3.79. The maximum atomic E-state index is 10.2. The van der Waals surface area contributed by atoms with Gasteiger partial charge in [-0.3, -0.25) is 4.79 Å². The van der Waals surface area contributed by atoms with E-state index in [0.717, 1.165) is 5.06 Å². The number of nitrogens with zero attached hydrogens (tertiary/aromatic N) is 1. The lowest BCUT2D eigenvalue weighted by Gasteiger charge is -2.18. The molecule has 0 aromatic heterocycles. The van der Waals surface area contributed by atoms with Crippen LogP contribution < -0.4 is 0 Å². The highest BCUT2D eigenvalue weighted by atomic mass is 16.6. The van der Waals surface area contributed by atoms with Gasteiger partial charge in [-0.15, -0.1) is 0 Å². The standard InChI is InChI=1S/C4H7NO3/c6-4-3-5(7)1-2-8-4/h7H,1-3H2. The van der Waals surface area contributed by atoms with Crippen molar-refractivity contribution in [2.45, 2.75) is 0 Å². The zero-order valence-corrected chi connectivity index (χ0v) is 4.33. The number of cyclic esters (lactones) is 1. The van der Waals surface area contributed by atoms with Crippen LogP contribution >= 0.6 is 0 Å². The molecular weight excluding hydrogens is 110 g/mol. The fourth-order valence-corrected chi connectivity index (χ4v) is 0.539. The molecule has 0 radical (unpaired) electrons. The fraction of sp³-hybridized carbons (Fsp3) is 0.750. The Hall–Kier alpha value is -0.610. The van der Waals surface area contributed by atoms with Gasteiger partial charge in [-0.25, -0.2) is 0 Å². The maximum Gasteiger partial charge on any atom is 0.322 e. The molecule has 0 saturated carbocycles. The fourth-order valence-electron chi connectivity index (χ4n) is 0.539. The van der Waals surface area contributed by atoms with Gasteiger partial charge in [-0.1, -0.05) is 0 Å². The first-order valence-electron chi connectivity index (χ1n) is 2.38. The van der Waals surface area contributed by atoms with E-state index in [4.69, 9.17) is 5.21 Å². The number of hydroxylamine groups is 2. The highest BCUT2D eigenvalue weighted by Gasteiger charge is 2.14. The predicted octanol–water partition coefficient (Wildman–Crippen LogP) is -0.766. The van der Waals surface area contributed by atoms with Gasteiger partial charge in [-0.2, -0.15) is 5.06 Å². The molecule has 0 spiro atoms. The van der Waals surface area contributed by atoms with Crippen LogP contribution in [0.1, 0.15) is 0 Å². The second-order valence-corrected chi connectivity index (χ2v) is 1.61. The van der Waals surface area contributed by atoms with Crippen molar-refractivity contribution in [1.82, 2.24) is 5.06 Å². The summed E-state index contributed by atoms with van der Waals surface area (Å²) < 4.78 is 4.51. The minimum atomic E-state index is -0.362. The smallest absolute Gasteiger partial charge is 0.322 e. The van der Waals surface area contributed by atoms with Crippen LogP contribution in [-0.4, -0.2) is 35.9 Å². The molecular formula is C4H7NO3. The Kier molecular flexibility index (Phi) is 1.45. The Morgan fingerprint density at radius 1 is 1.75 bits per heavy atom. The summed E-state index contributed by atoms with van der Waals surface area (Å²) in [5, 5.41) is 9.55. The van der Waals surface area contributed by atoms with E-state index in [1.807, 2.05) is 0 Å². The average Bonchev–Trinajstić information content (AvgIpc) is 1.64. The molecule has 1 aliphatic rings. The Labute approximate surface area is 46.6 Å². The number of carbonyl (C=O) groups is 1. The molecule has 0 bridgehead atoms. The molecule has 46 valence electrons. The van der Waals surface area contributed by atoms with E-state index in [-0.39, 0.29) is 12.5 Å². The van der Waals surface area contributed by atoms with E-state index in [1.165, 1.54) is 0 Å².